The molecule has 0 bridgehead atoms. The minimum absolute atomic E-state index is 0.224. The molecule has 4 rings (SSSR count). The highest BCUT2D eigenvalue weighted by Crippen LogP contribution is 2.26. The normalized spacial score (nSPS) is 15.6. The Bertz CT molecular complexity index is 980. The molecular weight excluding hydrogens is 356 g/mol. The summed E-state index contributed by atoms with van der Waals surface area (Å²) in [6, 6.07) is 17.6. The van der Waals surface area contributed by atoms with Gasteiger partial charge in [0.2, 0.25) is 5.91 Å². The lowest BCUT2D eigenvalue weighted by Crippen LogP contribution is -2.50. The fraction of sp³-hybridized carbons (Fsp3) is 0.182. The highest BCUT2D eigenvalue weighted by atomic mass is 16.5. The zero-order valence-electron chi connectivity index (χ0n) is 15.4. The third-order valence-electron chi connectivity index (χ3n) is 4.90. The largest absolute Gasteiger partial charge is 0.497 e. The number of amides is 2. The molecule has 2 amide bonds. The Morgan fingerprint density at radius 1 is 1.04 bits per heavy atom. The number of hydrogen-bond donors (Lipinski definition) is 1. The summed E-state index contributed by atoms with van der Waals surface area (Å²) in [5.41, 5.74) is 2.76. The molecule has 1 N–H and O–H groups in total. The number of fused-ring (bicyclic) bond motifs is 1. The average Bonchev–Trinajstić information content (AvgIpc) is 3.27. The van der Waals surface area contributed by atoms with E-state index in [1.165, 1.54) is 6.26 Å². The van der Waals surface area contributed by atoms with Crippen molar-refractivity contribution in [1.29, 1.82) is 0 Å². The Kier molecular flexibility index (Phi) is 4.85. The van der Waals surface area contributed by atoms with Gasteiger partial charge in [-0.05, 0) is 47.5 Å². The Balaban J connectivity index is 1.61. The number of carbonyl (C=O) groups excluding carboxylic acids is 2. The molecule has 0 radical (unpaired) electrons. The van der Waals surface area contributed by atoms with Crippen molar-refractivity contribution in [2.75, 3.05) is 12.4 Å². The third kappa shape index (κ3) is 3.49. The Morgan fingerprint density at radius 2 is 1.79 bits per heavy atom. The first-order valence-corrected chi connectivity index (χ1v) is 9.02. The first-order valence-electron chi connectivity index (χ1n) is 9.02. The molecule has 6 nitrogen and oxygen atoms in total. The summed E-state index contributed by atoms with van der Waals surface area (Å²) in [4.78, 5) is 27.6. The summed E-state index contributed by atoms with van der Waals surface area (Å²) < 4.78 is 10.4. The highest BCUT2D eigenvalue weighted by molar-refractivity contribution is 6.00. The number of furan rings is 1. The van der Waals surface area contributed by atoms with Crippen molar-refractivity contribution in [3.8, 4) is 5.75 Å². The maximum atomic E-state index is 13.0. The van der Waals surface area contributed by atoms with Crippen LogP contribution in [0.15, 0.2) is 71.3 Å². The predicted molar refractivity (Wildman–Crippen MR) is 104 cm³/mol. The molecule has 1 aliphatic rings. The number of nitrogens with zero attached hydrogens (tertiary/aromatic N) is 1. The van der Waals surface area contributed by atoms with Gasteiger partial charge in [0.15, 0.2) is 5.76 Å². The minimum Gasteiger partial charge on any atom is -0.497 e. The van der Waals surface area contributed by atoms with E-state index in [2.05, 4.69) is 5.32 Å². The molecule has 2 aromatic carbocycles. The van der Waals surface area contributed by atoms with Crippen molar-refractivity contribution >= 4 is 17.5 Å². The van der Waals surface area contributed by atoms with Crippen LogP contribution in [0.4, 0.5) is 5.69 Å². The number of anilines is 1. The lowest BCUT2D eigenvalue weighted by atomic mass is 9.93. The second kappa shape index (κ2) is 7.60. The monoisotopic (exact) mass is 376 g/mol. The summed E-state index contributed by atoms with van der Waals surface area (Å²) in [7, 11) is 1.59. The standard InChI is InChI=1S/C22H20N2O4/c1-27-18-10-8-17(9-11-18)23-21(25)19-13-15-5-2-3-6-16(15)14-24(19)22(26)20-7-4-12-28-20/h2-12,19H,13-14H2,1H3,(H,23,25)/t19-/m1/s1. The SMILES string of the molecule is COc1ccc(NC(=O)[C@H]2Cc3ccccc3CN2C(=O)c2ccco2)cc1. The second-order valence-corrected chi connectivity index (χ2v) is 6.62. The number of nitrogens with one attached hydrogen (secondary N) is 1. The van der Waals surface area contributed by atoms with Crippen molar-refractivity contribution in [3.05, 3.63) is 83.8 Å². The highest BCUT2D eigenvalue weighted by Gasteiger charge is 2.36. The van der Waals surface area contributed by atoms with Gasteiger partial charge in [-0.15, -0.1) is 0 Å². The summed E-state index contributed by atoms with van der Waals surface area (Å²) in [5.74, 6) is 0.398. The molecule has 3 aromatic rings. The quantitative estimate of drug-likeness (QED) is 0.757. The molecule has 2 heterocycles. The van der Waals surface area contributed by atoms with E-state index in [0.29, 0.717) is 24.4 Å². The number of methoxy groups -OCH3 is 1. The Morgan fingerprint density at radius 3 is 2.46 bits per heavy atom. The molecule has 1 atom stereocenters. The van der Waals surface area contributed by atoms with E-state index in [9.17, 15) is 9.59 Å². The zero-order valence-corrected chi connectivity index (χ0v) is 15.4. The van der Waals surface area contributed by atoms with Crippen LogP contribution in [-0.4, -0.2) is 29.9 Å². The zero-order chi connectivity index (χ0) is 19.5. The minimum atomic E-state index is -0.630. The van der Waals surface area contributed by atoms with E-state index in [0.717, 1.165) is 11.1 Å². The van der Waals surface area contributed by atoms with E-state index in [-0.39, 0.29) is 17.6 Å². The number of rotatable bonds is 4. The summed E-state index contributed by atoms with van der Waals surface area (Å²) in [5, 5.41) is 2.90. The molecule has 142 valence electrons. The maximum absolute atomic E-state index is 13.0. The first kappa shape index (κ1) is 17.9. The molecule has 1 aromatic heterocycles. The molecule has 0 saturated carbocycles. The van der Waals surface area contributed by atoms with Crippen LogP contribution >= 0.6 is 0 Å². The number of ether oxygens (including phenoxy) is 1. The van der Waals surface area contributed by atoms with Gasteiger partial charge in [0.1, 0.15) is 11.8 Å². The molecule has 0 aliphatic carbocycles. The van der Waals surface area contributed by atoms with E-state index in [1.807, 2.05) is 24.3 Å². The molecule has 6 heteroatoms. The average molecular weight is 376 g/mol. The van der Waals surface area contributed by atoms with Crippen LogP contribution in [-0.2, 0) is 17.8 Å². The van der Waals surface area contributed by atoms with E-state index < -0.39 is 6.04 Å². The molecule has 0 unspecified atom stereocenters. The molecule has 1 aliphatic heterocycles. The van der Waals surface area contributed by atoms with Crippen molar-refractivity contribution in [1.82, 2.24) is 4.90 Å². The number of benzene rings is 2. The topological polar surface area (TPSA) is 71.8 Å². The van der Waals surface area contributed by atoms with Crippen molar-refractivity contribution in [2.24, 2.45) is 0 Å². The van der Waals surface area contributed by atoms with Crippen LogP contribution in [0.25, 0.3) is 0 Å². The Hall–Kier alpha value is -3.54. The van der Waals surface area contributed by atoms with Crippen molar-refractivity contribution in [3.63, 3.8) is 0 Å². The van der Waals surface area contributed by atoms with Gasteiger partial charge in [-0.1, -0.05) is 24.3 Å². The summed E-state index contributed by atoms with van der Waals surface area (Å²) in [6.45, 7) is 0.358. The maximum Gasteiger partial charge on any atom is 0.290 e. The van der Waals surface area contributed by atoms with E-state index in [1.54, 1.807) is 48.4 Å². The van der Waals surface area contributed by atoms with Gasteiger partial charge in [-0.3, -0.25) is 9.59 Å². The number of hydrogen-bond acceptors (Lipinski definition) is 4. The van der Waals surface area contributed by atoms with Crippen LogP contribution in [0.3, 0.4) is 0 Å². The van der Waals surface area contributed by atoms with Crippen LogP contribution in [0.1, 0.15) is 21.7 Å². The lowest BCUT2D eigenvalue weighted by Gasteiger charge is -2.35. The van der Waals surface area contributed by atoms with Gasteiger partial charge in [0.05, 0.1) is 13.4 Å². The molecule has 28 heavy (non-hydrogen) atoms. The van der Waals surface area contributed by atoms with Crippen LogP contribution in [0, 0.1) is 0 Å². The van der Waals surface area contributed by atoms with Gasteiger partial charge >= 0.3 is 0 Å². The van der Waals surface area contributed by atoms with Crippen LogP contribution < -0.4 is 10.1 Å². The Labute approximate surface area is 162 Å². The van der Waals surface area contributed by atoms with E-state index >= 15 is 0 Å². The fourth-order valence-electron chi connectivity index (χ4n) is 3.41. The summed E-state index contributed by atoms with van der Waals surface area (Å²) >= 11 is 0. The lowest BCUT2D eigenvalue weighted by molar-refractivity contribution is -0.121. The third-order valence-corrected chi connectivity index (χ3v) is 4.90. The second-order valence-electron chi connectivity index (χ2n) is 6.62. The molecule has 0 fully saturated rings. The van der Waals surface area contributed by atoms with Crippen LogP contribution in [0.2, 0.25) is 0 Å². The molecule has 0 spiro atoms. The first-order chi connectivity index (χ1) is 13.7. The molecular formula is C22H20N2O4. The van der Waals surface area contributed by atoms with Crippen molar-refractivity contribution < 1.29 is 18.7 Å². The van der Waals surface area contributed by atoms with Crippen LogP contribution in [0.5, 0.6) is 5.75 Å². The van der Waals surface area contributed by atoms with Gasteiger partial charge < -0.3 is 19.4 Å². The fourth-order valence-corrected chi connectivity index (χ4v) is 3.41. The smallest absolute Gasteiger partial charge is 0.290 e. The van der Waals surface area contributed by atoms with Gasteiger partial charge in [-0.2, -0.15) is 0 Å². The molecule has 0 saturated heterocycles. The predicted octanol–water partition coefficient (Wildman–Crippen LogP) is 3.49. The number of carbonyl (C=O) groups is 2. The summed E-state index contributed by atoms with van der Waals surface area (Å²) in [6.07, 6.45) is 1.90. The van der Waals surface area contributed by atoms with Gasteiger partial charge in [0.25, 0.3) is 5.91 Å². The van der Waals surface area contributed by atoms with Gasteiger partial charge in [0, 0.05) is 18.7 Å². The van der Waals surface area contributed by atoms with Gasteiger partial charge in [-0.25, -0.2) is 0 Å². The van der Waals surface area contributed by atoms with E-state index in [4.69, 9.17) is 9.15 Å². The van der Waals surface area contributed by atoms with Crippen molar-refractivity contribution in [2.45, 2.75) is 19.0 Å².